The molecule has 0 unspecified atom stereocenters. The Hall–Kier alpha value is -2.02. The first-order valence-corrected chi connectivity index (χ1v) is 8.22. The summed E-state index contributed by atoms with van der Waals surface area (Å²) < 4.78 is 5.36. The molecule has 1 N–H and O–H groups in total. The van der Waals surface area contributed by atoms with E-state index in [-0.39, 0.29) is 17.8 Å². The Bertz CT molecular complexity index is 622. The van der Waals surface area contributed by atoms with Crippen molar-refractivity contribution in [1.29, 1.82) is 0 Å². The number of anilines is 1. The molecule has 0 bridgehead atoms. The zero-order valence-corrected chi connectivity index (χ0v) is 14.8. The number of carbonyl (C=O) groups is 1. The van der Waals surface area contributed by atoms with E-state index in [1.807, 2.05) is 20.8 Å². The van der Waals surface area contributed by atoms with Gasteiger partial charge < -0.3 is 15.0 Å². The monoisotopic (exact) mass is 355 g/mol. The molecule has 2 rings (SSSR count). The molecule has 0 saturated carbocycles. The topological polar surface area (TPSA) is 84.7 Å². The highest BCUT2D eigenvalue weighted by Crippen LogP contribution is 2.29. The molecule has 0 aromatic heterocycles. The fourth-order valence-electron chi connectivity index (χ4n) is 2.49. The lowest BCUT2D eigenvalue weighted by Crippen LogP contribution is -2.44. The first-order chi connectivity index (χ1) is 11.2. The number of nitrogens with zero attached hydrogens (tertiary/aromatic N) is 2. The van der Waals surface area contributed by atoms with E-state index in [9.17, 15) is 14.9 Å². The number of non-ortho nitro benzene ring substituents is 1. The van der Waals surface area contributed by atoms with Gasteiger partial charge in [0.05, 0.1) is 15.6 Å². The Morgan fingerprint density at radius 2 is 2.00 bits per heavy atom. The SMILES string of the molecule is CC(C)(C)OC(=O)N1CCC(Nc2cc([N+](=O)[O-])ccc2Cl)CC1. The van der Waals surface area contributed by atoms with E-state index in [0.29, 0.717) is 23.8 Å². The summed E-state index contributed by atoms with van der Waals surface area (Å²) in [5.41, 5.74) is 0.0255. The van der Waals surface area contributed by atoms with Crippen LogP contribution in [-0.4, -0.2) is 40.6 Å². The van der Waals surface area contributed by atoms with Crippen molar-refractivity contribution >= 4 is 29.1 Å². The normalized spacial score (nSPS) is 15.9. The zero-order valence-electron chi connectivity index (χ0n) is 14.0. The second-order valence-corrected chi connectivity index (χ2v) is 7.21. The molecule has 1 aliphatic heterocycles. The number of hydrogen-bond acceptors (Lipinski definition) is 5. The molecule has 1 saturated heterocycles. The van der Waals surface area contributed by atoms with E-state index in [1.54, 1.807) is 4.90 Å². The predicted octanol–water partition coefficient (Wildman–Crippen LogP) is 4.06. The smallest absolute Gasteiger partial charge is 0.410 e. The maximum atomic E-state index is 12.0. The highest BCUT2D eigenvalue weighted by Gasteiger charge is 2.27. The molecule has 1 aromatic carbocycles. The highest BCUT2D eigenvalue weighted by molar-refractivity contribution is 6.33. The van der Waals surface area contributed by atoms with Gasteiger partial charge in [-0.15, -0.1) is 0 Å². The molecule has 1 heterocycles. The molecule has 1 aliphatic rings. The lowest BCUT2D eigenvalue weighted by Gasteiger charge is -2.34. The lowest BCUT2D eigenvalue weighted by molar-refractivity contribution is -0.384. The Kier molecular flexibility index (Phi) is 5.54. The first kappa shape index (κ1) is 18.3. The summed E-state index contributed by atoms with van der Waals surface area (Å²) >= 11 is 6.10. The quantitative estimate of drug-likeness (QED) is 0.652. The fraction of sp³-hybridized carbons (Fsp3) is 0.562. The number of nitro benzene ring substituents is 1. The van der Waals surface area contributed by atoms with Crippen molar-refractivity contribution in [2.75, 3.05) is 18.4 Å². The summed E-state index contributed by atoms with van der Waals surface area (Å²) in [6, 6.07) is 4.42. The Morgan fingerprint density at radius 1 is 1.38 bits per heavy atom. The lowest BCUT2D eigenvalue weighted by atomic mass is 10.0. The van der Waals surface area contributed by atoms with E-state index in [0.717, 1.165) is 12.8 Å². The van der Waals surface area contributed by atoms with Crippen LogP contribution in [0.5, 0.6) is 0 Å². The van der Waals surface area contributed by atoms with Gasteiger partial charge in [-0.1, -0.05) is 11.6 Å². The standard InChI is InChI=1S/C16H22ClN3O4/c1-16(2,3)24-15(21)19-8-6-11(7-9-19)18-14-10-12(20(22)23)4-5-13(14)17/h4-5,10-11,18H,6-9H2,1-3H3. The van der Waals surface area contributed by atoms with Gasteiger partial charge in [0.25, 0.3) is 5.69 Å². The van der Waals surface area contributed by atoms with Crippen LogP contribution in [0.25, 0.3) is 0 Å². The van der Waals surface area contributed by atoms with Gasteiger partial charge in [0.15, 0.2) is 0 Å². The minimum atomic E-state index is -0.511. The van der Waals surface area contributed by atoms with Crippen LogP contribution < -0.4 is 5.32 Å². The molecule has 1 aromatic rings. The minimum absolute atomic E-state index is 0.00640. The summed E-state index contributed by atoms with van der Waals surface area (Å²) in [5, 5.41) is 14.5. The third kappa shape index (κ3) is 4.99. The van der Waals surface area contributed by atoms with Crippen LogP contribution in [0.3, 0.4) is 0 Å². The number of nitro groups is 1. The van der Waals surface area contributed by atoms with Crippen LogP contribution >= 0.6 is 11.6 Å². The summed E-state index contributed by atoms with van der Waals surface area (Å²) in [7, 11) is 0. The molecule has 7 nitrogen and oxygen atoms in total. The zero-order chi connectivity index (χ0) is 17.9. The van der Waals surface area contributed by atoms with Crippen molar-refractivity contribution in [3.8, 4) is 0 Å². The van der Waals surface area contributed by atoms with Crippen molar-refractivity contribution in [2.45, 2.75) is 45.3 Å². The number of halogens is 1. The van der Waals surface area contributed by atoms with Crippen molar-refractivity contribution in [3.63, 3.8) is 0 Å². The molecular weight excluding hydrogens is 334 g/mol. The number of ether oxygens (including phenoxy) is 1. The molecule has 132 valence electrons. The second-order valence-electron chi connectivity index (χ2n) is 6.81. The minimum Gasteiger partial charge on any atom is -0.444 e. The summed E-state index contributed by atoms with van der Waals surface area (Å²) in [6.45, 7) is 6.65. The molecule has 1 fully saturated rings. The average molecular weight is 356 g/mol. The van der Waals surface area contributed by atoms with Gasteiger partial charge in [-0.05, 0) is 39.7 Å². The van der Waals surface area contributed by atoms with E-state index >= 15 is 0 Å². The number of carbonyl (C=O) groups excluding carboxylic acids is 1. The number of piperidine rings is 1. The van der Waals surface area contributed by atoms with E-state index < -0.39 is 10.5 Å². The largest absolute Gasteiger partial charge is 0.444 e. The number of benzene rings is 1. The van der Waals surface area contributed by atoms with Gasteiger partial charge in [0.2, 0.25) is 0 Å². The van der Waals surface area contributed by atoms with Gasteiger partial charge in [0, 0.05) is 31.3 Å². The van der Waals surface area contributed by atoms with E-state index in [2.05, 4.69) is 5.32 Å². The second kappa shape index (κ2) is 7.25. The van der Waals surface area contributed by atoms with Crippen molar-refractivity contribution in [1.82, 2.24) is 4.90 Å². The van der Waals surface area contributed by atoms with Gasteiger partial charge in [-0.2, -0.15) is 0 Å². The molecule has 24 heavy (non-hydrogen) atoms. The molecule has 0 atom stereocenters. The first-order valence-electron chi connectivity index (χ1n) is 7.84. The number of nitrogens with one attached hydrogen (secondary N) is 1. The van der Waals surface area contributed by atoms with Crippen LogP contribution in [0.1, 0.15) is 33.6 Å². The Balaban J connectivity index is 1.93. The maximum absolute atomic E-state index is 12.0. The van der Waals surface area contributed by atoms with Crippen LogP contribution in [0, 0.1) is 10.1 Å². The van der Waals surface area contributed by atoms with Crippen LogP contribution in [0.2, 0.25) is 5.02 Å². The molecule has 1 amide bonds. The number of rotatable bonds is 3. The van der Waals surface area contributed by atoms with E-state index in [4.69, 9.17) is 16.3 Å². The highest BCUT2D eigenvalue weighted by atomic mass is 35.5. The molecule has 0 radical (unpaired) electrons. The summed E-state index contributed by atoms with van der Waals surface area (Å²) in [4.78, 5) is 24.1. The van der Waals surface area contributed by atoms with Gasteiger partial charge in [-0.25, -0.2) is 4.79 Å². The number of likely N-dealkylation sites (tertiary alicyclic amines) is 1. The van der Waals surface area contributed by atoms with Crippen LogP contribution in [0.15, 0.2) is 18.2 Å². The van der Waals surface area contributed by atoms with Gasteiger partial charge >= 0.3 is 6.09 Å². The van der Waals surface area contributed by atoms with Crippen molar-refractivity contribution in [3.05, 3.63) is 33.3 Å². The van der Waals surface area contributed by atoms with Gasteiger partial charge in [0.1, 0.15) is 5.60 Å². The third-order valence-electron chi connectivity index (χ3n) is 3.67. The summed E-state index contributed by atoms with van der Waals surface area (Å²) in [5.74, 6) is 0. The van der Waals surface area contributed by atoms with Crippen molar-refractivity contribution in [2.24, 2.45) is 0 Å². The summed E-state index contributed by atoms with van der Waals surface area (Å²) in [6.07, 6.45) is 1.13. The van der Waals surface area contributed by atoms with Gasteiger partial charge in [-0.3, -0.25) is 10.1 Å². The fourth-order valence-corrected chi connectivity index (χ4v) is 2.66. The Labute approximate surface area is 146 Å². The predicted molar refractivity (Wildman–Crippen MR) is 92.6 cm³/mol. The Morgan fingerprint density at radius 3 is 2.54 bits per heavy atom. The number of amides is 1. The molecule has 8 heteroatoms. The molecule has 0 aliphatic carbocycles. The maximum Gasteiger partial charge on any atom is 0.410 e. The third-order valence-corrected chi connectivity index (χ3v) is 4.00. The molecule has 0 spiro atoms. The van der Waals surface area contributed by atoms with E-state index in [1.165, 1.54) is 18.2 Å². The number of hydrogen-bond donors (Lipinski definition) is 1. The van der Waals surface area contributed by atoms with Crippen LogP contribution in [-0.2, 0) is 4.74 Å². The average Bonchev–Trinajstić information content (AvgIpc) is 2.48. The molecular formula is C16H22ClN3O4. The van der Waals surface area contributed by atoms with Crippen molar-refractivity contribution < 1.29 is 14.5 Å². The van der Waals surface area contributed by atoms with Crippen LogP contribution in [0.4, 0.5) is 16.2 Å².